The minimum atomic E-state index is 0.130. The topological polar surface area (TPSA) is 67.4 Å². The van der Waals surface area contributed by atoms with E-state index >= 15 is 0 Å². The second-order valence-electron chi connectivity index (χ2n) is 8.66. The molecule has 0 bridgehead atoms. The Labute approximate surface area is 209 Å². The van der Waals surface area contributed by atoms with Gasteiger partial charge in [-0.25, -0.2) is 0 Å². The lowest BCUT2D eigenvalue weighted by Crippen LogP contribution is -2.49. The molecule has 1 unspecified atom stereocenters. The number of para-hydroxylation sites is 1. The Morgan fingerprint density at radius 3 is 2.31 bits per heavy atom. The predicted molar refractivity (Wildman–Crippen MR) is 138 cm³/mol. The van der Waals surface area contributed by atoms with E-state index in [0.717, 1.165) is 43.2 Å². The number of benzene rings is 2. The molecule has 1 aliphatic heterocycles. The molecule has 2 aromatic carbocycles. The Bertz CT molecular complexity index is 1260. The fourth-order valence-corrected chi connectivity index (χ4v) is 5.34. The highest BCUT2D eigenvalue weighted by Crippen LogP contribution is 2.30. The van der Waals surface area contributed by atoms with Crippen LogP contribution in [-0.4, -0.2) is 62.4 Å². The standard InChI is InChI=1S/C27H29N5O2S/c1-20(22-9-5-3-6-10-22)30-14-16-31(17-15-30)25(33)19-35-27-29-28-26(24-13-18-34-21(24)2)32(27)23-11-7-4-8-12-23/h3-13,18,20H,14-17,19H2,1-2H3. The van der Waals surface area contributed by atoms with Gasteiger partial charge in [-0.2, -0.15) is 0 Å². The molecule has 0 aliphatic carbocycles. The van der Waals surface area contributed by atoms with Crippen molar-refractivity contribution in [3.63, 3.8) is 0 Å². The van der Waals surface area contributed by atoms with Crippen LogP contribution in [0.1, 0.15) is 24.3 Å². The fraction of sp³-hybridized carbons (Fsp3) is 0.296. The Kier molecular flexibility index (Phi) is 7.01. The Hall–Kier alpha value is -3.36. The molecule has 1 fully saturated rings. The molecule has 1 amide bonds. The van der Waals surface area contributed by atoms with Crippen LogP contribution in [-0.2, 0) is 4.79 Å². The summed E-state index contributed by atoms with van der Waals surface area (Å²) in [6.45, 7) is 7.36. The minimum absolute atomic E-state index is 0.130. The molecular weight excluding hydrogens is 458 g/mol. The van der Waals surface area contributed by atoms with Crippen LogP contribution in [0, 0.1) is 6.92 Å². The van der Waals surface area contributed by atoms with E-state index in [2.05, 4.69) is 46.3 Å². The van der Waals surface area contributed by atoms with E-state index in [-0.39, 0.29) is 5.91 Å². The van der Waals surface area contributed by atoms with Crippen molar-refractivity contribution >= 4 is 17.7 Å². The monoisotopic (exact) mass is 487 g/mol. The third-order valence-electron chi connectivity index (χ3n) is 6.57. The van der Waals surface area contributed by atoms with Gasteiger partial charge in [-0.15, -0.1) is 10.2 Å². The molecule has 1 aliphatic rings. The molecule has 1 atom stereocenters. The summed E-state index contributed by atoms with van der Waals surface area (Å²) >= 11 is 1.43. The van der Waals surface area contributed by atoms with E-state index in [9.17, 15) is 4.79 Å². The maximum atomic E-state index is 13.1. The number of hydrogen-bond acceptors (Lipinski definition) is 6. The molecule has 7 nitrogen and oxygen atoms in total. The fourth-order valence-electron chi connectivity index (χ4n) is 4.48. The largest absolute Gasteiger partial charge is 0.469 e. The summed E-state index contributed by atoms with van der Waals surface area (Å²) in [5.41, 5.74) is 3.15. The van der Waals surface area contributed by atoms with Gasteiger partial charge < -0.3 is 9.32 Å². The van der Waals surface area contributed by atoms with Gasteiger partial charge in [-0.3, -0.25) is 14.3 Å². The number of furan rings is 1. The lowest BCUT2D eigenvalue weighted by atomic mass is 10.1. The summed E-state index contributed by atoms with van der Waals surface area (Å²) in [5, 5.41) is 9.57. The number of hydrogen-bond donors (Lipinski definition) is 0. The average Bonchev–Trinajstić information content (AvgIpc) is 3.53. The third kappa shape index (κ3) is 5.04. The smallest absolute Gasteiger partial charge is 0.233 e. The first-order valence-corrected chi connectivity index (χ1v) is 12.9. The SMILES string of the molecule is Cc1occc1-c1nnc(SCC(=O)N2CCN(C(C)c3ccccc3)CC2)n1-c1ccccc1. The van der Waals surface area contributed by atoms with Gasteiger partial charge in [0.25, 0.3) is 0 Å². The number of carbonyl (C=O) groups excluding carboxylic acids is 1. The molecule has 35 heavy (non-hydrogen) atoms. The van der Waals surface area contributed by atoms with Gasteiger partial charge >= 0.3 is 0 Å². The van der Waals surface area contributed by atoms with Crippen molar-refractivity contribution in [1.29, 1.82) is 0 Å². The highest BCUT2D eigenvalue weighted by Gasteiger charge is 2.26. The van der Waals surface area contributed by atoms with E-state index in [1.54, 1.807) is 6.26 Å². The summed E-state index contributed by atoms with van der Waals surface area (Å²) in [7, 11) is 0. The van der Waals surface area contributed by atoms with Gasteiger partial charge in [0, 0.05) is 37.9 Å². The molecule has 0 saturated carbocycles. The first-order valence-electron chi connectivity index (χ1n) is 11.9. The predicted octanol–water partition coefficient (Wildman–Crippen LogP) is 4.83. The van der Waals surface area contributed by atoms with Gasteiger partial charge in [-0.1, -0.05) is 60.3 Å². The van der Waals surface area contributed by atoms with Gasteiger partial charge in [0.1, 0.15) is 5.76 Å². The van der Waals surface area contributed by atoms with Crippen LogP contribution >= 0.6 is 11.8 Å². The molecular formula is C27H29N5O2S. The van der Waals surface area contributed by atoms with Crippen LogP contribution in [0.5, 0.6) is 0 Å². The molecule has 3 heterocycles. The van der Waals surface area contributed by atoms with Crippen molar-refractivity contribution in [2.24, 2.45) is 0 Å². The summed E-state index contributed by atoms with van der Waals surface area (Å²) < 4.78 is 7.49. The highest BCUT2D eigenvalue weighted by atomic mass is 32.2. The average molecular weight is 488 g/mol. The van der Waals surface area contributed by atoms with Gasteiger partial charge in [0.2, 0.25) is 5.91 Å². The number of piperazine rings is 1. The number of rotatable bonds is 7. The normalized spacial score (nSPS) is 15.3. The maximum Gasteiger partial charge on any atom is 0.233 e. The number of aryl methyl sites for hydroxylation is 1. The molecule has 8 heteroatoms. The van der Waals surface area contributed by atoms with Crippen molar-refractivity contribution in [2.75, 3.05) is 31.9 Å². The van der Waals surface area contributed by atoms with Crippen molar-refractivity contribution in [3.05, 3.63) is 84.3 Å². The molecule has 5 rings (SSSR count). The highest BCUT2D eigenvalue weighted by molar-refractivity contribution is 7.99. The molecule has 0 radical (unpaired) electrons. The molecule has 2 aromatic heterocycles. The van der Waals surface area contributed by atoms with Crippen LogP contribution in [0.15, 0.2) is 82.6 Å². The zero-order valence-electron chi connectivity index (χ0n) is 20.0. The van der Waals surface area contributed by atoms with Gasteiger partial charge in [0.15, 0.2) is 11.0 Å². The molecule has 0 N–H and O–H groups in total. The molecule has 4 aromatic rings. The van der Waals surface area contributed by atoms with Crippen LogP contribution < -0.4 is 0 Å². The Morgan fingerprint density at radius 2 is 1.66 bits per heavy atom. The zero-order valence-corrected chi connectivity index (χ0v) is 20.8. The van der Waals surface area contributed by atoms with Crippen molar-refractivity contribution in [1.82, 2.24) is 24.6 Å². The summed E-state index contributed by atoms with van der Waals surface area (Å²) in [4.78, 5) is 17.5. The van der Waals surface area contributed by atoms with E-state index in [0.29, 0.717) is 22.8 Å². The first-order chi connectivity index (χ1) is 17.1. The summed E-state index contributed by atoms with van der Waals surface area (Å²) in [6.07, 6.45) is 1.66. The van der Waals surface area contributed by atoms with E-state index in [4.69, 9.17) is 4.42 Å². The molecule has 180 valence electrons. The number of thioether (sulfide) groups is 1. The number of amides is 1. The van der Waals surface area contributed by atoms with Crippen LogP contribution in [0.3, 0.4) is 0 Å². The second kappa shape index (κ2) is 10.5. The second-order valence-corrected chi connectivity index (χ2v) is 9.60. The number of nitrogens with zero attached hydrogens (tertiary/aromatic N) is 5. The van der Waals surface area contributed by atoms with Crippen molar-refractivity contribution in [2.45, 2.75) is 25.0 Å². The van der Waals surface area contributed by atoms with Gasteiger partial charge in [0.05, 0.1) is 17.6 Å². The number of carbonyl (C=O) groups is 1. The lowest BCUT2D eigenvalue weighted by molar-refractivity contribution is -0.130. The maximum absolute atomic E-state index is 13.1. The van der Waals surface area contributed by atoms with Crippen LogP contribution in [0.2, 0.25) is 0 Å². The van der Waals surface area contributed by atoms with E-state index in [1.807, 2.05) is 58.9 Å². The van der Waals surface area contributed by atoms with Gasteiger partial charge in [-0.05, 0) is 37.6 Å². The summed E-state index contributed by atoms with van der Waals surface area (Å²) in [5.74, 6) is 1.94. The van der Waals surface area contributed by atoms with E-state index < -0.39 is 0 Å². The molecule has 1 saturated heterocycles. The Morgan fingerprint density at radius 1 is 0.971 bits per heavy atom. The quantitative estimate of drug-likeness (QED) is 0.348. The van der Waals surface area contributed by atoms with E-state index in [1.165, 1.54) is 17.3 Å². The third-order valence-corrected chi connectivity index (χ3v) is 7.48. The number of aromatic nitrogens is 3. The summed E-state index contributed by atoms with van der Waals surface area (Å²) in [6, 6.07) is 22.8. The first kappa shape index (κ1) is 23.4. The van der Waals surface area contributed by atoms with Crippen LogP contribution in [0.25, 0.3) is 17.1 Å². The van der Waals surface area contributed by atoms with Crippen molar-refractivity contribution < 1.29 is 9.21 Å². The lowest BCUT2D eigenvalue weighted by Gasteiger charge is -2.38. The molecule has 0 spiro atoms. The van der Waals surface area contributed by atoms with Crippen LogP contribution in [0.4, 0.5) is 0 Å². The Balaban J connectivity index is 1.25. The van der Waals surface area contributed by atoms with Crippen molar-refractivity contribution in [3.8, 4) is 17.1 Å². The minimum Gasteiger partial charge on any atom is -0.469 e. The zero-order chi connectivity index (χ0) is 24.2.